The van der Waals surface area contributed by atoms with E-state index in [0.29, 0.717) is 13.0 Å². The van der Waals surface area contributed by atoms with Crippen molar-refractivity contribution in [3.8, 4) is 0 Å². The number of hydrogen-bond acceptors (Lipinski definition) is 5. The molecule has 0 fully saturated rings. The molecule has 1 atom stereocenters. The summed E-state index contributed by atoms with van der Waals surface area (Å²) in [6, 6.07) is 19.2. The monoisotopic (exact) mass is 473 g/mol. The number of hydrogen-bond donors (Lipinski definition) is 2. The standard InChI is InChI=1S/C28H31N3O4/c1-18(17-34-3)29-28(33)26-19(2)24-22(15-10-16-23(24)35-26)30-31-27(32)25(20-11-6-4-7-12-20)21-13-8-5-9-14-21/h4-9,11-14,18,25H,10,15-17H2,1-3H3,(H,29,33)(H,31,32)/b30-22+. The van der Waals surface area contributed by atoms with Crippen molar-refractivity contribution in [2.75, 3.05) is 13.7 Å². The van der Waals surface area contributed by atoms with Gasteiger partial charge in [-0.2, -0.15) is 5.10 Å². The molecule has 3 aromatic rings. The van der Waals surface area contributed by atoms with Crippen LogP contribution in [-0.4, -0.2) is 37.3 Å². The van der Waals surface area contributed by atoms with Crippen LogP contribution in [0.1, 0.15) is 64.3 Å². The van der Waals surface area contributed by atoms with E-state index in [9.17, 15) is 9.59 Å². The lowest BCUT2D eigenvalue weighted by Crippen LogP contribution is -2.35. The van der Waals surface area contributed by atoms with Crippen LogP contribution in [0.15, 0.2) is 70.2 Å². The number of benzene rings is 2. The Morgan fingerprint density at radius 1 is 1.03 bits per heavy atom. The first kappa shape index (κ1) is 24.4. The number of amides is 2. The van der Waals surface area contributed by atoms with Crippen molar-refractivity contribution in [1.29, 1.82) is 0 Å². The highest BCUT2D eigenvalue weighted by molar-refractivity contribution is 6.07. The number of hydrazone groups is 1. The maximum absolute atomic E-state index is 13.4. The molecule has 182 valence electrons. The van der Waals surface area contributed by atoms with Crippen molar-refractivity contribution < 1.29 is 18.7 Å². The smallest absolute Gasteiger partial charge is 0.287 e. The number of carbonyl (C=O) groups is 2. The molecule has 1 unspecified atom stereocenters. The topological polar surface area (TPSA) is 92.9 Å². The molecule has 2 amide bonds. The molecule has 2 N–H and O–H groups in total. The minimum atomic E-state index is -0.487. The fourth-order valence-electron chi connectivity index (χ4n) is 4.55. The molecule has 4 rings (SSSR count). The van der Waals surface area contributed by atoms with Gasteiger partial charge in [-0.05, 0) is 37.8 Å². The zero-order valence-electron chi connectivity index (χ0n) is 20.3. The Bertz CT molecular complexity index is 1160. The Kier molecular flexibility index (Phi) is 7.77. The van der Waals surface area contributed by atoms with Crippen molar-refractivity contribution in [2.24, 2.45) is 5.10 Å². The summed E-state index contributed by atoms with van der Waals surface area (Å²) < 4.78 is 11.1. The molecular formula is C28H31N3O4. The highest BCUT2D eigenvalue weighted by Crippen LogP contribution is 2.30. The van der Waals surface area contributed by atoms with E-state index in [1.165, 1.54) is 0 Å². The molecule has 1 aliphatic rings. The quantitative estimate of drug-likeness (QED) is 0.476. The normalized spacial score (nSPS) is 15.0. The molecule has 0 saturated carbocycles. The molecule has 35 heavy (non-hydrogen) atoms. The van der Waals surface area contributed by atoms with E-state index in [2.05, 4.69) is 15.8 Å². The first-order valence-corrected chi connectivity index (χ1v) is 11.9. The van der Waals surface area contributed by atoms with E-state index in [0.717, 1.165) is 46.6 Å². The van der Waals surface area contributed by atoms with Gasteiger partial charge in [0.2, 0.25) is 0 Å². The highest BCUT2D eigenvalue weighted by Gasteiger charge is 2.29. The Labute approximate surface area is 205 Å². The number of carbonyl (C=O) groups excluding carboxylic acids is 2. The first-order chi connectivity index (χ1) is 17.0. The van der Waals surface area contributed by atoms with Crippen LogP contribution in [0.3, 0.4) is 0 Å². The van der Waals surface area contributed by atoms with E-state index in [1.54, 1.807) is 7.11 Å². The van der Waals surface area contributed by atoms with Gasteiger partial charge >= 0.3 is 0 Å². The van der Waals surface area contributed by atoms with Gasteiger partial charge in [0.05, 0.1) is 18.2 Å². The van der Waals surface area contributed by atoms with Gasteiger partial charge in [0.1, 0.15) is 5.76 Å². The van der Waals surface area contributed by atoms with Gasteiger partial charge < -0.3 is 14.5 Å². The number of fused-ring (bicyclic) bond motifs is 1. The number of rotatable bonds is 8. The molecule has 1 aromatic heterocycles. The maximum Gasteiger partial charge on any atom is 0.287 e. The van der Waals surface area contributed by atoms with Crippen LogP contribution in [-0.2, 0) is 16.0 Å². The summed E-state index contributed by atoms with van der Waals surface area (Å²) in [5, 5.41) is 7.42. The van der Waals surface area contributed by atoms with Crippen LogP contribution in [0.5, 0.6) is 0 Å². The summed E-state index contributed by atoms with van der Waals surface area (Å²) in [4.78, 5) is 26.1. The Morgan fingerprint density at radius 3 is 2.26 bits per heavy atom. The zero-order valence-corrected chi connectivity index (χ0v) is 20.3. The van der Waals surface area contributed by atoms with Gasteiger partial charge in [-0.1, -0.05) is 60.7 Å². The van der Waals surface area contributed by atoms with E-state index in [1.807, 2.05) is 74.5 Å². The third-order valence-corrected chi connectivity index (χ3v) is 6.16. The second kappa shape index (κ2) is 11.1. The number of ether oxygens (including phenoxy) is 1. The van der Waals surface area contributed by atoms with Crippen molar-refractivity contribution in [3.05, 3.63) is 94.4 Å². The summed E-state index contributed by atoms with van der Waals surface area (Å²) in [6.45, 7) is 4.14. The lowest BCUT2D eigenvalue weighted by molar-refractivity contribution is -0.121. The zero-order chi connectivity index (χ0) is 24.8. The SMILES string of the molecule is COCC(C)NC(=O)c1oc2c(c1C)/C(=N/NC(=O)C(c1ccccc1)c1ccccc1)CCC2. The van der Waals surface area contributed by atoms with E-state index in [-0.39, 0.29) is 23.6 Å². The van der Waals surface area contributed by atoms with Crippen molar-refractivity contribution in [2.45, 2.75) is 45.1 Å². The van der Waals surface area contributed by atoms with Gasteiger partial charge in [-0.3, -0.25) is 9.59 Å². The number of nitrogens with one attached hydrogen (secondary N) is 2. The molecular weight excluding hydrogens is 442 g/mol. The molecule has 1 heterocycles. The summed E-state index contributed by atoms with van der Waals surface area (Å²) in [5.41, 5.74) is 6.86. The van der Waals surface area contributed by atoms with E-state index in [4.69, 9.17) is 9.15 Å². The van der Waals surface area contributed by atoms with Crippen molar-refractivity contribution >= 4 is 17.5 Å². The second-order valence-corrected chi connectivity index (χ2v) is 8.83. The van der Waals surface area contributed by atoms with Crippen LogP contribution in [0.25, 0.3) is 0 Å². The van der Waals surface area contributed by atoms with Crippen molar-refractivity contribution in [3.63, 3.8) is 0 Å². The number of furan rings is 1. The largest absolute Gasteiger partial charge is 0.455 e. The fourth-order valence-corrected chi connectivity index (χ4v) is 4.55. The Balaban J connectivity index is 1.59. The van der Waals surface area contributed by atoms with Gasteiger partial charge in [0, 0.05) is 30.7 Å². The molecule has 0 aliphatic heterocycles. The lowest BCUT2D eigenvalue weighted by Gasteiger charge is -2.18. The van der Waals surface area contributed by atoms with Gasteiger partial charge in [-0.25, -0.2) is 5.43 Å². The molecule has 7 heteroatoms. The number of aryl methyl sites for hydroxylation is 1. The fraction of sp³-hybridized carbons (Fsp3) is 0.321. The van der Waals surface area contributed by atoms with Gasteiger partial charge in [-0.15, -0.1) is 0 Å². The number of nitrogens with zero attached hydrogens (tertiary/aromatic N) is 1. The van der Waals surface area contributed by atoms with Crippen LogP contribution in [0, 0.1) is 6.92 Å². The highest BCUT2D eigenvalue weighted by atomic mass is 16.5. The average Bonchev–Trinajstić information content (AvgIpc) is 3.21. The summed E-state index contributed by atoms with van der Waals surface area (Å²) in [6.07, 6.45) is 2.24. The lowest BCUT2D eigenvalue weighted by atomic mass is 9.90. The number of methoxy groups -OCH3 is 1. The van der Waals surface area contributed by atoms with E-state index < -0.39 is 5.92 Å². The molecule has 0 saturated heterocycles. The third kappa shape index (κ3) is 5.52. The first-order valence-electron chi connectivity index (χ1n) is 11.9. The van der Waals surface area contributed by atoms with Crippen molar-refractivity contribution in [1.82, 2.24) is 10.7 Å². The minimum Gasteiger partial charge on any atom is -0.455 e. The maximum atomic E-state index is 13.4. The Hall–Kier alpha value is -3.71. The van der Waals surface area contributed by atoms with Crippen LogP contribution >= 0.6 is 0 Å². The van der Waals surface area contributed by atoms with Crippen LogP contribution in [0.2, 0.25) is 0 Å². The van der Waals surface area contributed by atoms with E-state index >= 15 is 0 Å². The predicted octanol–water partition coefficient (Wildman–Crippen LogP) is 4.34. The van der Waals surface area contributed by atoms with Gasteiger partial charge in [0.15, 0.2) is 5.76 Å². The minimum absolute atomic E-state index is 0.144. The molecule has 1 aliphatic carbocycles. The van der Waals surface area contributed by atoms with Crippen LogP contribution in [0.4, 0.5) is 0 Å². The molecule has 0 radical (unpaired) electrons. The van der Waals surface area contributed by atoms with Crippen LogP contribution < -0.4 is 10.7 Å². The summed E-state index contributed by atoms with van der Waals surface area (Å²) >= 11 is 0. The molecule has 0 bridgehead atoms. The molecule has 0 spiro atoms. The third-order valence-electron chi connectivity index (χ3n) is 6.16. The Morgan fingerprint density at radius 2 is 1.66 bits per heavy atom. The predicted molar refractivity (Wildman–Crippen MR) is 135 cm³/mol. The average molecular weight is 474 g/mol. The second-order valence-electron chi connectivity index (χ2n) is 8.83. The summed E-state index contributed by atoms with van der Waals surface area (Å²) in [5.74, 6) is 0.0331. The molecule has 2 aromatic carbocycles. The molecule has 7 nitrogen and oxygen atoms in total. The summed E-state index contributed by atoms with van der Waals surface area (Å²) in [7, 11) is 1.59. The van der Waals surface area contributed by atoms with Gasteiger partial charge in [0.25, 0.3) is 11.8 Å².